The lowest BCUT2D eigenvalue weighted by Crippen LogP contribution is -2.01. The summed E-state index contributed by atoms with van der Waals surface area (Å²) in [6, 6.07) is 5.51. The van der Waals surface area contributed by atoms with E-state index in [1.807, 2.05) is 19.1 Å². The maximum absolute atomic E-state index is 12.3. The molecule has 0 saturated heterocycles. The fraction of sp³-hybridized carbons (Fsp3) is 0.357. The van der Waals surface area contributed by atoms with E-state index in [1.54, 1.807) is 6.07 Å². The summed E-state index contributed by atoms with van der Waals surface area (Å²) in [6.45, 7) is 2.11. The lowest BCUT2D eigenvalue weighted by Gasteiger charge is -2.08. The van der Waals surface area contributed by atoms with Crippen molar-refractivity contribution in [2.45, 2.75) is 26.2 Å². The molecule has 0 bridgehead atoms. The second kappa shape index (κ2) is 5.13. The smallest absolute Gasteiger partial charge is 0.163 e. The Balaban J connectivity index is 2.08. The van der Waals surface area contributed by atoms with E-state index in [0.717, 1.165) is 17.5 Å². The van der Waals surface area contributed by atoms with Crippen LogP contribution in [0.1, 0.15) is 35.7 Å². The first-order valence-corrected chi connectivity index (χ1v) is 5.81. The lowest BCUT2D eigenvalue weighted by atomic mass is 10.1. The Kier molecular flexibility index (Phi) is 3.57. The van der Waals surface area contributed by atoms with Gasteiger partial charge in [0.05, 0.1) is 6.33 Å². The summed E-state index contributed by atoms with van der Waals surface area (Å²) in [4.78, 5) is 11.5. The molecule has 1 aliphatic rings. The Morgan fingerprint density at radius 1 is 1.47 bits per heavy atom. The topological polar surface area (TPSA) is 26.3 Å². The Bertz CT molecular complexity index is 463. The fourth-order valence-electron chi connectivity index (χ4n) is 1.89. The monoisotopic (exact) mass is 234 g/mol. The maximum atomic E-state index is 12.3. The fourth-order valence-corrected chi connectivity index (χ4v) is 1.89. The normalized spacial score (nSPS) is 14.9. The molecule has 1 aromatic carbocycles. The van der Waals surface area contributed by atoms with Gasteiger partial charge in [-0.25, -0.2) is 4.39 Å². The molecular formula is C14H15FO2. The number of benzene rings is 1. The quantitative estimate of drug-likeness (QED) is 0.797. The Hall–Kier alpha value is -1.64. The molecule has 0 aromatic heterocycles. The van der Waals surface area contributed by atoms with Gasteiger partial charge in [-0.15, -0.1) is 0 Å². The molecule has 0 radical (unpaired) electrons. The van der Waals surface area contributed by atoms with Crippen LogP contribution in [0.4, 0.5) is 4.39 Å². The number of ketones is 1. The third-order valence-corrected chi connectivity index (χ3v) is 3.04. The van der Waals surface area contributed by atoms with Crippen LogP contribution in [0, 0.1) is 0 Å². The molecule has 0 amide bonds. The zero-order valence-corrected chi connectivity index (χ0v) is 9.83. The average molecular weight is 234 g/mol. The van der Waals surface area contributed by atoms with Crippen LogP contribution >= 0.6 is 0 Å². The van der Waals surface area contributed by atoms with Crippen molar-refractivity contribution < 1.29 is 13.9 Å². The molecule has 0 spiro atoms. The van der Waals surface area contributed by atoms with Gasteiger partial charge < -0.3 is 4.74 Å². The van der Waals surface area contributed by atoms with Gasteiger partial charge in [0.15, 0.2) is 5.78 Å². The van der Waals surface area contributed by atoms with Crippen LogP contribution in [0.25, 0.3) is 0 Å². The van der Waals surface area contributed by atoms with E-state index in [2.05, 4.69) is 0 Å². The number of aryl methyl sites for hydroxylation is 1. The minimum absolute atomic E-state index is 0.169. The van der Waals surface area contributed by atoms with Crippen molar-refractivity contribution in [2.24, 2.45) is 0 Å². The first-order chi connectivity index (χ1) is 8.24. The molecule has 90 valence electrons. The third-order valence-electron chi connectivity index (χ3n) is 3.04. The average Bonchev–Trinajstić information content (AvgIpc) is 2.72. The van der Waals surface area contributed by atoms with Gasteiger partial charge in [0.25, 0.3) is 0 Å². The van der Waals surface area contributed by atoms with E-state index < -0.39 is 0 Å². The molecule has 0 aliphatic heterocycles. The van der Waals surface area contributed by atoms with Gasteiger partial charge >= 0.3 is 0 Å². The molecule has 17 heavy (non-hydrogen) atoms. The molecule has 0 saturated carbocycles. The molecule has 0 N–H and O–H groups in total. The van der Waals surface area contributed by atoms with Gasteiger partial charge in [-0.3, -0.25) is 4.79 Å². The van der Waals surface area contributed by atoms with E-state index in [4.69, 9.17) is 4.74 Å². The molecule has 1 aromatic rings. The first-order valence-electron chi connectivity index (χ1n) is 5.81. The molecule has 0 heterocycles. The standard InChI is InChI=1S/C14H15FO2/c1-2-10(8-15)9-17-12-5-3-11-4-6-14(16)13(11)7-12/h3,5,7-8H,2,4,6,9H2,1H3. The van der Waals surface area contributed by atoms with Crippen LogP contribution in [0.5, 0.6) is 5.75 Å². The molecule has 3 heteroatoms. The van der Waals surface area contributed by atoms with E-state index >= 15 is 0 Å². The Labute approximate surface area is 100 Å². The summed E-state index contributed by atoms with van der Waals surface area (Å²) >= 11 is 0. The van der Waals surface area contributed by atoms with Crippen LogP contribution in [0.2, 0.25) is 0 Å². The van der Waals surface area contributed by atoms with Gasteiger partial charge in [0, 0.05) is 12.0 Å². The Morgan fingerprint density at radius 2 is 2.29 bits per heavy atom. The SMILES string of the molecule is CCC(=CF)COc1ccc2c(c1)C(=O)CC2. The highest BCUT2D eigenvalue weighted by Gasteiger charge is 2.19. The van der Waals surface area contributed by atoms with Crippen molar-refractivity contribution in [1.29, 1.82) is 0 Å². The van der Waals surface area contributed by atoms with Crippen molar-refractivity contribution in [3.63, 3.8) is 0 Å². The number of ether oxygens (including phenoxy) is 1. The first kappa shape index (κ1) is 11.8. The van der Waals surface area contributed by atoms with Gasteiger partial charge in [-0.2, -0.15) is 0 Å². The minimum atomic E-state index is 0.169. The zero-order valence-electron chi connectivity index (χ0n) is 9.83. The van der Waals surface area contributed by atoms with Crippen LogP contribution < -0.4 is 4.74 Å². The minimum Gasteiger partial charge on any atom is -0.489 e. The molecule has 2 nitrogen and oxygen atoms in total. The van der Waals surface area contributed by atoms with E-state index in [1.165, 1.54) is 0 Å². The summed E-state index contributed by atoms with van der Waals surface area (Å²) in [6.07, 6.45) is 2.61. The van der Waals surface area contributed by atoms with Gasteiger partial charge in [-0.05, 0) is 36.1 Å². The van der Waals surface area contributed by atoms with Crippen LogP contribution in [0.15, 0.2) is 30.1 Å². The molecule has 1 aliphatic carbocycles. The largest absolute Gasteiger partial charge is 0.489 e. The zero-order chi connectivity index (χ0) is 12.3. The predicted octanol–water partition coefficient (Wildman–Crippen LogP) is 3.46. The van der Waals surface area contributed by atoms with Crippen LogP contribution in [-0.2, 0) is 6.42 Å². The number of hydrogen-bond acceptors (Lipinski definition) is 2. The highest BCUT2D eigenvalue weighted by molar-refractivity contribution is 6.00. The van der Waals surface area contributed by atoms with Gasteiger partial charge in [0.1, 0.15) is 12.4 Å². The summed E-state index contributed by atoms with van der Waals surface area (Å²) in [5.74, 6) is 0.800. The number of hydrogen-bond donors (Lipinski definition) is 0. The highest BCUT2D eigenvalue weighted by Crippen LogP contribution is 2.26. The third kappa shape index (κ3) is 2.54. The molecule has 2 rings (SSSR count). The number of fused-ring (bicyclic) bond motifs is 1. The van der Waals surface area contributed by atoms with E-state index in [0.29, 0.717) is 30.5 Å². The number of rotatable bonds is 4. The molecule has 0 fully saturated rings. The number of carbonyl (C=O) groups excluding carboxylic acids is 1. The van der Waals surface area contributed by atoms with Crippen molar-refractivity contribution in [1.82, 2.24) is 0 Å². The summed E-state index contributed by atoms with van der Waals surface area (Å²) in [5, 5.41) is 0. The predicted molar refractivity (Wildman–Crippen MR) is 64.1 cm³/mol. The molecule has 0 atom stereocenters. The van der Waals surface area contributed by atoms with Crippen molar-refractivity contribution in [3.05, 3.63) is 41.2 Å². The lowest BCUT2D eigenvalue weighted by molar-refractivity contribution is 0.0994. The Morgan fingerprint density at radius 3 is 3.00 bits per heavy atom. The molecular weight excluding hydrogens is 219 g/mol. The second-order valence-electron chi connectivity index (χ2n) is 4.15. The van der Waals surface area contributed by atoms with Crippen molar-refractivity contribution >= 4 is 5.78 Å². The maximum Gasteiger partial charge on any atom is 0.163 e. The van der Waals surface area contributed by atoms with Gasteiger partial charge in [-0.1, -0.05) is 13.0 Å². The number of carbonyl (C=O) groups is 1. The number of Topliss-reactive ketones (excluding diaryl/α,β-unsaturated/α-hetero) is 1. The van der Waals surface area contributed by atoms with Gasteiger partial charge in [0.2, 0.25) is 0 Å². The van der Waals surface area contributed by atoms with E-state index in [9.17, 15) is 9.18 Å². The molecule has 0 unspecified atom stereocenters. The van der Waals surface area contributed by atoms with Crippen LogP contribution in [0.3, 0.4) is 0 Å². The van der Waals surface area contributed by atoms with E-state index in [-0.39, 0.29) is 12.4 Å². The van der Waals surface area contributed by atoms with Crippen molar-refractivity contribution in [2.75, 3.05) is 6.61 Å². The summed E-state index contributed by atoms with van der Waals surface area (Å²) in [5.41, 5.74) is 2.45. The summed E-state index contributed by atoms with van der Waals surface area (Å²) in [7, 11) is 0. The van der Waals surface area contributed by atoms with Crippen molar-refractivity contribution in [3.8, 4) is 5.75 Å². The second-order valence-corrected chi connectivity index (χ2v) is 4.15. The summed E-state index contributed by atoms with van der Waals surface area (Å²) < 4.78 is 17.8. The number of halogens is 1. The van der Waals surface area contributed by atoms with Crippen LogP contribution in [-0.4, -0.2) is 12.4 Å². The highest BCUT2D eigenvalue weighted by atomic mass is 19.1.